The van der Waals surface area contributed by atoms with Gasteiger partial charge >= 0.3 is 5.97 Å². The van der Waals surface area contributed by atoms with Crippen LogP contribution in [-0.2, 0) is 9.47 Å². The third kappa shape index (κ3) is 4.08. The molecule has 0 amide bonds. The van der Waals surface area contributed by atoms with E-state index in [1.54, 1.807) is 10.9 Å². The molecule has 2 aromatic rings. The van der Waals surface area contributed by atoms with E-state index in [4.69, 9.17) is 14.2 Å². The predicted molar refractivity (Wildman–Crippen MR) is 81.5 cm³/mol. The first-order valence-corrected chi connectivity index (χ1v) is 7.09. The number of hydrogen-bond donors (Lipinski definition) is 0. The summed E-state index contributed by atoms with van der Waals surface area (Å²) in [6, 6.07) is 9.47. The highest BCUT2D eigenvalue weighted by Crippen LogP contribution is 2.20. The quantitative estimate of drug-likeness (QED) is 0.581. The molecule has 0 unspecified atom stereocenters. The molecule has 2 rings (SSSR count). The number of methoxy groups -OCH3 is 1. The fourth-order valence-corrected chi connectivity index (χ4v) is 1.85. The molecule has 1 heterocycles. The molecule has 6 heteroatoms. The Balaban J connectivity index is 2.07. The zero-order valence-corrected chi connectivity index (χ0v) is 13.0. The van der Waals surface area contributed by atoms with Crippen LogP contribution in [0.1, 0.15) is 24.3 Å². The number of carbonyl (C=O) groups is 1. The van der Waals surface area contributed by atoms with Crippen molar-refractivity contribution in [2.24, 2.45) is 0 Å². The third-order valence-corrected chi connectivity index (χ3v) is 2.88. The SMILES string of the molecule is COc1cn(-c2ccccc2)nc1C(=O)OCCOC(C)C. The first-order valence-electron chi connectivity index (χ1n) is 7.09. The predicted octanol–water partition coefficient (Wildman–Crippen LogP) is 2.46. The lowest BCUT2D eigenvalue weighted by atomic mass is 10.3. The van der Waals surface area contributed by atoms with Gasteiger partial charge in [-0.05, 0) is 26.0 Å². The second-order valence-electron chi connectivity index (χ2n) is 4.88. The van der Waals surface area contributed by atoms with Gasteiger partial charge in [-0.25, -0.2) is 9.48 Å². The largest absolute Gasteiger partial charge is 0.493 e. The summed E-state index contributed by atoms with van der Waals surface area (Å²) in [5, 5.41) is 4.24. The van der Waals surface area contributed by atoms with Crippen LogP contribution in [0.4, 0.5) is 0 Å². The minimum Gasteiger partial charge on any atom is -0.493 e. The second-order valence-corrected chi connectivity index (χ2v) is 4.88. The summed E-state index contributed by atoms with van der Waals surface area (Å²) in [7, 11) is 1.49. The van der Waals surface area contributed by atoms with Crippen molar-refractivity contribution in [1.82, 2.24) is 9.78 Å². The molecule has 0 N–H and O–H groups in total. The topological polar surface area (TPSA) is 62.6 Å². The highest BCUT2D eigenvalue weighted by molar-refractivity contribution is 5.90. The van der Waals surface area contributed by atoms with Crippen molar-refractivity contribution >= 4 is 5.97 Å². The van der Waals surface area contributed by atoms with Gasteiger partial charge in [-0.1, -0.05) is 18.2 Å². The molecule has 0 fully saturated rings. The Labute approximate surface area is 129 Å². The van der Waals surface area contributed by atoms with Crippen molar-refractivity contribution in [3.63, 3.8) is 0 Å². The summed E-state index contributed by atoms with van der Waals surface area (Å²) in [4.78, 5) is 12.1. The molecule has 0 aliphatic heterocycles. The van der Waals surface area contributed by atoms with Crippen LogP contribution in [0.15, 0.2) is 36.5 Å². The standard InChI is InChI=1S/C16H20N2O4/c1-12(2)21-9-10-22-16(19)15-14(20-3)11-18(17-15)13-7-5-4-6-8-13/h4-8,11-12H,9-10H2,1-3H3. The number of hydrogen-bond acceptors (Lipinski definition) is 5. The lowest BCUT2D eigenvalue weighted by Gasteiger charge is -2.07. The van der Waals surface area contributed by atoms with E-state index < -0.39 is 5.97 Å². The van der Waals surface area contributed by atoms with Crippen molar-refractivity contribution in [3.05, 3.63) is 42.2 Å². The van der Waals surface area contributed by atoms with E-state index in [9.17, 15) is 4.79 Å². The normalized spacial score (nSPS) is 10.7. The van der Waals surface area contributed by atoms with Crippen LogP contribution in [0, 0.1) is 0 Å². The van der Waals surface area contributed by atoms with Crippen LogP contribution in [0.2, 0.25) is 0 Å². The number of para-hydroxylation sites is 1. The Kier molecular flexibility index (Phi) is 5.55. The Morgan fingerprint density at radius 2 is 1.95 bits per heavy atom. The minimum atomic E-state index is -0.529. The monoisotopic (exact) mass is 304 g/mol. The van der Waals surface area contributed by atoms with Crippen LogP contribution >= 0.6 is 0 Å². The average molecular weight is 304 g/mol. The molecule has 118 valence electrons. The van der Waals surface area contributed by atoms with Gasteiger partial charge in [0, 0.05) is 0 Å². The van der Waals surface area contributed by atoms with Gasteiger partial charge in [0.05, 0.1) is 31.7 Å². The van der Waals surface area contributed by atoms with Gasteiger partial charge < -0.3 is 14.2 Å². The first kappa shape index (κ1) is 16.0. The summed E-state index contributed by atoms with van der Waals surface area (Å²) >= 11 is 0. The number of esters is 1. The fourth-order valence-electron chi connectivity index (χ4n) is 1.85. The maximum atomic E-state index is 12.1. The van der Waals surface area contributed by atoms with Crippen molar-refractivity contribution in [1.29, 1.82) is 0 Å². The highest BCUT2D eigenvalue weighted by atomic mass is 16.6. The highest BCUT2D eigenvalue weighted by Gasteiger charge is 2.19. The molecule has 0 aliphatic carbocycles. The van der Waals surface area contributed by atoms with E-state index in [-0.39, 0.29) is 18.4 Å². The number of nitrogens with zero attached hydrogens (tertiary/aromatic N) is 2. The molecule has 0 saturated heterocycles. The smallest absolute Gasteiger partial charge is 0.362 e. The van der Waals surface area contributed by atoms with Crippen LogP contribution in [0.5, 0.6) is 5.75 Å². The summed E-state index contributed by atoms with van der Waals surface area (Å²) in [5.74, 6) is -0.155. The van der Waals surface area contributed by atoms with Crippen LogP contribution in [0.25, 0.3) is 5.69 Å². The molecule has 6 nitrogen and oxygen atoms in total. The molecular weight excluding hydrogens is 284 g/mol. The molecule has 0 radical (unpaired) electrons. The molecule has 1 aromatic carbocycles. The lowest BCUT2D eigenvalue weighted by Crippen LogP contribution is -2.14. The number of aromatic nitrogens is 2. The van der Waals surface area contributed by atoms with E-state index in [1.807, 2.05) is 44.2 Å². The average Bonchev–Trinajstić information content (AvgIpc) is 2.96. The molecule has 0 saturated carbocycles. The Hall–Kier alpha value is -2.34. The third-order valence-electron chi connectivity index (χ3n) is 2.88. The van der Waals surface area contributed by atoms with E-state index in [2.05, 4.69) is 5.10 Å². The Bertz CT molecular complexity index is 608. The van der Waals surface area contributed by atoms with Crippen LogP contribution < -0.4 is 4.74 Å². The number of carbonyl (C=O) groups excluding carboxylic acids is 1. The van der Waals surface area contributed by atoms with Gasteiger partial charge in [0.15, 0.2) is 5.75 Å². The molecule has 0 atom stereocenters. The zero-order chi connectivity index (χ0) is 15.9. The minimum absolute atomic E-state index is 0.102. The van der Waals surface area contributed by atoms with Crippen molar-refractivity contribution in [3.8, 4) is 11.4 Å². The Morgan fingerprint density at radius 3 is 2.59 bits per heavy atom. The number of ether oxygens (including phenoxy) is 3. The lowest BCUT2D eigenvalue weighted by molar-refractivity contribution is 0.0170. The van der Waals surface area contributed by atoms with Crippen molar-refractivity contribution < 1.29 is 19.0 Å². The first-order chi connectivity index (χ1) is 10.6. The van der Waals surface area contributed by atoms with Crippen molar-refractivity contribution in [2.45, 2.75) is 20.0 Å². The molecule has 22 heavy (non-hydrogen) atoms. The molecule has 0 spiro atoms. The summed E-state index contributed by atoms with van der Waals surface area (Å²) < 4.78 is 17.3. The molecule has 0 aliphatic rings. The Morgan fingerprint density at radius 1 is 1.23 bits per heavy atom. The zero-order valence-electron chi connectivity index (χ0n) is 13.0. The summed E-state index contributed by atoms with van der Waals surface area (Å²) in [6.45, 7) is 4.38. The van der Waals surface area contributed by atoms with E-state index in [0.717, 1.165) is 5.69 Å². The van der Waals surface area contributed by atoms with Gasteiger partial charge in [-0.2, -0.15) is 5.10 Å². The summed E-state index contributed by atoms with van der Waals surface area (Å²) in [6.07, 6.45) is 1.75. The van der Waals surface area contributed by atoms with Gasteiger partial charge in [0.2, 0.25) is 5.69 Å². The summed E-state index contributed by atoms with van der Waals surface area (Å²) in [5.41, 5.74) is 0.985. The van der Waals surface area contributed by atoms with Gasteiger partial charge in [0.25, 0.3) is 0 Å². The van der Waals surface area contributed by atoms with Gasteiger partial charge in [-0.15, -0.1) is 0 Å². The van der Waals surface area contributed by atoms with E-state index in [1.165, 1.54) is 7.11 Å². The van der Waals surface area contributed by atoms with Crippen LogP contribution in [0.3, 0.4) is 0 Å². The van der Waals surface area contributed by atoms with Crippen molar-refractivity contribution in [2.75, 3.05) is 20.3 Å². The molecular formula is C16H20N2O4. The van der Waals surface area contributed by atoms with Gasteiger partial charge in [-0.3, -0.25) is 0 Å². The second kappa shape index (κ2) is 7.61. The maximum Gasteiger partial charge on any atom is 0.362 e. The van der Waals surface area contributed by atoms with E-state index in [0.29, 0.717) is 12.4 Å². The molecule has 0 bridgehead atoms. The molecule has 1 aromatic heterocycles. The van der Waals surface area contributed by atoms with E-state index >= 15 is 0 Å². The number of rotatable bonds is 7. The fraction of sp³-hybridized carbons (Fsp3) is 0.375. The van der Waals surface area contributed by atoms with Gasteiger partial charge in [0.1, 0.15) is 6.61 Å². The number of benzene rings is 1. The maximum absolute atomic E-state index is 12.1. The van der Waals surface area contributed by atoms with Crippen LogP contribution in [-0.4, -0.2) is 42.2 Å².